The summed E-state index contributed by atoms with van der Waals surface area (Å²) in [6.07, 6.45) is 4.69. The average molecular weight is 248 g/mol. The predicted octanol–water partition coefficient (Wildman–Crippen LogP) is 3.60. The monoisotopic (exact) mass is 248 g/mol. The maximum absolute atomic E-state index is 13.3. The molecule has 0 radical (unpaired) electrons. The van der Waals surface area contributed by atoms with Crippen molar-refractivity contribution < 1.29 is 9.13 Å². The summed E-state index contributed by atoms with van der Waals surface area (Å²) in [5.74, 6) is 5.64. The number of hydrogen-bond donors (Lipinski definition) is 2. The lowest BCUT2D eigenvalue weighted by atomic mass is 10.2. The highest BCUT2D eigenvalue weighted by atomic mass is 19.1. The van der Waals surface area contributed by atoms with E-state index in [-0.39, 0.29) is 5.76 Å². The van der Waals surface area contributed by atoms with Gasteiger partial charge in [-0.15, -0.1) is 0 Å². The number of nitrogens with one attached hydrogen (secondary N) is 1. The molecule has 0 aliphatic carbocycles. The second-order valence-corrected chi connectivity index (χ2v) is 3.72. The first kappa shape index (κ1) is 14.0. The Morgan fingerprint density at radius 2 is 2.22 bits per heavy atom. The van der Waals surface area contributed by atoms with Crippen LogP contribution in [0.15, 0.2) is 54.6 Å². The van der Waals surface area contributed by atoms with Crippen molar-refractivity contribution in [2.24, 2.45) is 5.84 Å². The first-order valence-corrected chi connectivity index (χ1v) is 5.49. The molecule has 3 nitrogen and oxygen atoms in total. The van der Waals surface area contributed by atoms with E-state index >= 15 is 0 Å². The van der Waals surface area contributed by atoms with Crippen LogP contribution in [0.3, 0.4) is 0 Å². The van der Waals surface area contributed by atoms with Crippen LogP contribution in [-0.4, -0.2) is 0 Å². The van der Waals surface area contributed by atoms with Crippen LogP contribution in [0.2, 0.25) is 0 Å². The Morgan fingerprint density at radius 3 is 2.72 bits per heavy atom. The number of anilines is 1. The van der Waals surface area contributed by atoms with Gasteiger partial charge in [-0.25, -0.2) is 4.39 Å². The Hall–Kier alpha value is -2.07. The van der Waals surface area contributed by atoms with Gasteiger partial charge < -0.3 is 10.2 Å². The standard InChI is InChI=1S/C14H17FN2O/c1-4-5-6-14(11(3)15)18-12-7-8-13(17-16)10(2)9-12/h4-9,17H,1,16H2,2-3H3/b6-5-,14-11-. The molecule has 0 unspecified atom stereocenters. The van der Waals surface area contributed by atoms with Crippen molar-refractivity contribution in [3.05, 3.63) is 60.2 Å². The Labute approximate surface area is 106 Å². The van der Waals surface area contributed by atoms with Crippen molar-refractivity contribution >= 4 is 5.69 Å². The van der Waals surface area contributed by atoms with E-state index in [2.05, 4.69) is 12.0 Å². The molecule has 0 saturated carbocycles. The topological polar surface area (TPSA) is 47.3 Å². The third kappa shape index (κ3) is 3.75. The maximum atomic E-state index is 13.3. The number of halogens is 1. The van der Waals surface area contributed by atoms with Gasteiger partial charge in [0.15, 0.2) is 5.76 Å². The summed E-state index contributed by atoms with van der Waals surface area (Å²) in [6.45, 7) is 6.75. The molecule has 1 aromatic rings. The Morgan fingerprint density at radius 1 is 1.50 bits per heavy atom. The van der Waals surface area contributed by atoms with Gasteiger partial charge in [0.2, 0.25) is 0 Å². The zero-order chi connectivity index (χ0) is 13.5. The second kappa shape index (κ2) is 6.61. The van der Waals surface area contributed by atoms with Crippen LogP contribution in [0, 0.1) is 6.92 Å². The molecule has 0 aromatic heterocycles. The zero-order valence-corrected chi connectivity index (χ0v) is 10.5. The fraction of sp³-hybridized carbons (Fsp3) is 0.143. The minimum Gasteiger partial charge on any atom is -0.455 e. The van der Waals surface area contributed by atoms with Crippen LogP contribution in [-0.2, 0) is 0 Å². The molecular weight excluding hydrogens is 231 g/mol. The smallest absolute Gasteiger partial charge is 0.158 e. The first-order chi connectivity index (χ1) is 8.58. The molecule has 0 atom stereocenters. The van der Waals surface area contributed by atoms with Gasteiger partial charge in [-0.2, -0.15) is 0 Å². The van der Waals surface area contributed by atoms with Crippen LogP contribution in [0.4, 0.5) is 10.1 Å². The fourth-order valence-electron chi connectivity index (χ4n) is 1.36. The third-order valence-corrected chi connectivity index (χ3v) is 2.30. The Kier molecular flexibility index (Phi) is 5.14. The van der Waals surface area contributed by atoms with E-state index in [1.807, 2.05) is 6.92 Å². The molecule has 0 spiro atoms. The number of hydrazine groups is 1. The molecule has 0 fully saturated rings. The highest BCUT2D eigenvalue weighted by molar-refractivity contribution is 5.53. The van der Waals surface area contributed by atoms with E-state index in [0.717, 1.165) is 11.3 Å². The van der Waals surface area contributed by atoms with Crippen LogP contribution >= 0.6 is 0 Å². The number of nitrogen functional groups attached to an aromatic ring is 1. The van der Waals surface area contributed by atoms with Crippen LogP contribution < -0.4 is 16.0 Å². The number of hydrogen-bond acceptors (Lipinski definition) is 3. The molecule has 0 heterocycles. The summed E-state index contributed by atoms with van der Waals surface area (Å²) in [5.41, 5.74) is 4.28. The van der Waals surface area contributed by atoms with Crippen molar-refractivity contribution in [2.75, 3.05) is 5.43 Å². The summed E-state index contributed by atoms with van der Waals surface area (Å²) in [5, 5.41) is 0. The average Bonchev–Trinajstić information content (AvgIpc) is 2.34. The lowest BCUT2D eigenvalue weighted by Crippen LogP contribution is -2.08. The normalized spacial score (nSPS) is 12.2. The number of ether oxygens (including phenoxy) is 1. The molecule has 1 aromatic carbocycles. The van der Waals surface area contributed by atoms with Gasteiger partial charge in [-0.3, -0.25) is 5.84 Å². The van der Waals surface area contributed by atoms with Gasteiger partial charge >= 0.3 is 0 Å². The van der Waals surface area contributed by atoms with Crippen molar-refractivity contribution in [3.8, 4) is 5.75 Å². The SMILES string of the molecule is C=C/C=C\C(Oc1ccc(NN)c(C)c1)=C(/C)F. The van der Waals surface area contributed by atoms with E-state index in [9.17, 15) is 4.39 Å². The zero-order valence-electron chi connectivity index (χ0n) is 10.5. The highest BCUT2D eigenvalue weighted by Gasteiger charge is 2.04. The number of allylic oxidation sites excluding steroid dienone is 4. The van der Waals surface area contributed by atoms with Crippen LogP contribution in [0.1, 0.15) is 12.5 Å². The molecule has 0 bridgehead atoms. The maximum Gasteiger partial charge on any atom is 0.158 e. The fourth-order valence-corrected chi connectivity index (χ4v) is 1.36. The molecule has 3 N–H and O–H groups in total. The quantitative estimate of drug-likeness (QED) is 0.362. The highest BCUT2D eigenvalue weighted by Crippen LogP contribution is 2.23. The molecule has 1 rings (SSSR count). The summed E-state index contributed by atoms with van der Waals surface area (Å²) in [7, 11) is 0. The molecule has 0 aliphatic heterocycles. The molecule has 0 saturated heterocycles. The summed E-state index contributed by atoms with van der Waals surface area (Å²) in [4.78, 5) is 0. The predicted molar refractivity (Wildman–Crippen MR) is 72.8 cm³/mol. The van der Waals surface area contributed by atoms with Crippen LogP contribution in [0.5, 0.6) is 5.75 Å². The van der Waals surface area contributed by atoms with Crippen molar-refractivity contribution in [2.45, 2.75) is 13.8 Å². The van der Waals surface area contributed by atoms with E-state index in [0.29, 0.717) is 5.75 Å². The van der Waals surface area contributed by atoms with Crippen LogP contribution in [0.25, 0.3) is 0 Å². The van der Waals surface area contributed by atoms with E-state index in [4.69, 9.17) is 10.6 Å². The van der Waals surface area contributed by atoms with Gasteiger partial charge in [0.25, 0.3) is 0 Å². The molecule has 18 heavy (non-hydrogen) atoms. The number of benzene rings is 1. The largest absolute Gasteiger partial charge is 0.455 e. The van der Waals surface area contributed by atoms with Crippen molar-refractivity contribution in [1.82, 2.24) is 0 Å². The molecule has 0 amide bonds. The van der Waals surface area contributed by atoms with E-state index in [1.54, 1.807) is 30.4 Å². The Bertz CT molecular complexity index is 489. The number of aryl methyl sites for hydroxylation is 1. The number of nitrogens with two attached hydrogens (primary N) is 1. The van der Waals surface area contributed by atoms with Crippen molar-refractivity contribution in [1.29, 1.82) is 0 Å². The summed E-state index contributed by atoms with van der Waals surface area (Å²) < 4.78 is 18.7. The minimum absolute atomic E-state index is 0.155. The van der Waals surface area contributed by atoms with E-state index < -0.39 is 5.83 Å². The minimum atomic E-state index is -0.397. The molecular formula is C14H17FN2O. The van der Waals surface area contributed by atoms with Gasteiger partial charge in [0.1, 0.15) is 11.6 Å². The van der Waals surface area contributed by atoms with E-state index in [1.165, 1.54) is 13.0 Å². The summed E-state index contributed by atoms with van der Waals surface area (Å²) >= 11 is 0. The molecule has 0 aliphatic rings. The lowest BCUT2D eigenvalue weighted by Gasteiger charge is -2.10. The molecule has 96 valence electrons. The lowest BCUT2D eigenvalue weighted by molar-refractivity contribution is 0.414. The molecule has 4 heteroatoms. The van der Waals surface area contributed by atoms with Gasteiger partial charge in [0.05, 0.1) is 5.69 Å². The number of rotatable bonds is 5. The van der Waals surface area contributed by atoms with Crippen molar-refractivity contribution in [3.63, 3.8) is 0 Å². The van der Waals surface area contributed by atoms with Gasteiger partial charge in [0, 0.05) is 0 Å². The first-order valence-electron chi connectivity index (χ1n) is 5.49. The van der Waals surface area contributed by atoms with Gasteiger partial charge in [-0.05, 0) is 43.7 Å². The Balaban J connectivity index is 2.95. The van der Waals surface area contributed by atoms with Gasteiger partial charge in [-0.1, -0.05) is 18.7 Å². The second-order valence-electron chi connectivity index (χ2n) is 3.72. The third-order valence-electron chi connectivity index (χ3n) is 2.30. The summed E-state index contributed by atoms with van der Waals surface area (Å²) in [6, 6.07) is 5.26.